The number of nitrogens with one attached hydrogen (secondary N) is 1. The van der Waals surface area contributed by atoms with Crippen molar-refractivity contribution in [1.82, 2.24) is 5.32 Å². The number of allylic oxidation sites excluding steroid dienone is 2. The molecular formula is C13H16N2. The summed E-state index contributed by atoms with van der Waals surface area (Å²) in [5.74, 6) is 0. The molecule has 3 rings (SSSR count). The molecule has 1 aromatic rings. The average molecular weight is 200 g/mol. The third-order valence-corrected chi connectivity index (χ3v) is 3.28. The summed E-state index contributed by atoms with van der Waals surface area (Å²) in [7, 11) is 0. The molecule has 1 heterocycles. The van der Waals surface area contributed by atoms with Crippen molar-refractivity contribution >= 4 is 5.69 Å². The molecule has 1 N–H and O–H groups in total. The molecule has 15 heavy (non-hydrogen) atoms. The SMILES string of the molecule is c1ccc(N2CNC3=C2CCCC3)cc1. The Morgan fingerprint density at radius 3 is 2.67 bits per heavy atom. The van der Waals surface area contributed by atoms with E-state index in [-0.39, 0.29) is 0 Å². The summed E-state index contributed by atoms with van der Waals surface area (Å²) in [5.41, 5.74) is 4.31. The van der Waals surface area contributed by atoms with E-state index in [0.29, 0.717) is 0 Å². The zero-order valence-electron chi connectivity index (χ0n) is 8.87. The molecule has 0 amide bonds. The van der Waals surface area contributed by atoms with E-state index in [1.807, 2.05) is 0 Å². The standard InChI is InChI=1S/C13H16N2/c1-2-6-11(7-3-1)15-10-14-12-8-4-5-9-13(12)15/h1-3,6-7,14H,4-5,8-10H2. The lowest BCUT2D eigenvalue weighted by Crippen LogP contribution is -2.22. The lowest BCUT2D eigenvalue weighted by atomic mass is 10.0. The van der Waals surface area contributed by atoms with Crippen LogP contribution in [-0.4, -0.2) is 6.67 Å². The number of nitrogens with zero attached hydrogens (tertiary/aromatic N) is 1. The first-order valence-electron chi connectivity index (χ1n) is 5.73. The van der Waals surface area contributed by atoms with Crippen molar-refractivity contribution in [2.75, 3.05) is 11.6 Å². The summed E-state index contributed by atoms with van der Waals surface area (Å²) in [6.45, 7) is 0.953. The number of para-hydroxylation sites is 1. The molecule has 0 unspecified atom stereocenters. The molecule has 0 saturated heterocycles. The van der Waals surface area contributed by atoms with Gasteiger partial charge in [0.05, 0.1) is 6.67 Å². The minimum atomic E-state index is 0.953. The fourth-order valence-electron chi connectivity index (χ4n) is 2.50. The van der Waals surface area contributed by atoms with Gasteiger partial charge in [-0.25, -0.2) is 0 Å². The van der Waals surface area contributed by atoms with Gasteiger partial charge < -0.3 is 10.2 Å². The summed E-state index contributed by atoms with van der Waals surface area (Å²) in [4.78, 5) is 2.41. The van der Waals surface area contributed by atoms with Crippen LogP contribution in [0, 0.1) is 0 Å². The van der Waals surface area contributed by atoms with Crippen molar-refractivity contribution in [2.24, 2.45) is 0 Å². The van der Waals surface area contributed by atoms with Crippen molar-refractivity contribution in [3.63, 3.8) is 0 Å². The van der Waals surface area contributed by atoms with Gasteiger partial charge in [0.1, 0.15) is 0 Å². The van der Waals surface area contributed by atoms with Gasteiger partial charge in [0.2, 0.25) is 0 Å². The molecule has 0 bridgehead atoms. The number of hydrogen-bond acceptors (Lipinski definition) is 2. The molecule has 1 aromatic carbocycles. The molecule has 2 aliphatic rings. The monoisotopic (exact) mass is 200 g/mol. The highest BCUT2D eigenvalue weighted by atomic mass is 15.3. The van der Waals surface area contributed by atoms with E-state index >= 15 is 0 Å². The maximum absolute atomic E-state index is 3.51. The number of anilines is 1. The van der Waals surface area contributed by atoms with Crippen LogP contribution >= 0.6 is 0 Å². The maximum atomic E-state index is 3.51. The Morgan fingerprint density at radius 1 is 1.00 bits per heavy atom. The van der Waals surface area contributed by atoms with Gasteiger partial charge in [-0.1, -0.05) is 18.2 Å². The Balaban J connectivity index is 1.93. The van der Waals surface area contributed by atoms with Gasteiger partial charge in [0.15, 0.2) is 0 Å². The van der Waals surface area contributed by atoms with Crippen LogP contribution in [0.1, 0.15) is 25.7 Å². The summed E-state index contributed by atoms with van der Waals surface area (Å²) in [6, 6.07) is 10.7. The fourth-order valence-corrected chi connectivity index (χ4v) is 2.50. The summed E-state index contributed by atoms with van der Waals surface area (Å²) >= 11 is 0. The van der Waals surface area contributed by atoms with Gasteiger partial charge in [0, 0.05) is 17.1 Å². The van der Waals surface area contributed by atoms with E-state index < -0.39 is 0 Å². The third-order valence-electron chi connectivity index (χ3n) is 3.28. The summed E-state index contributed by atoms with van der Waals surface area (Å²) < 4.78 is 0. The topological polar surface area (TPSA) is 15.3 Å². The van der Waals surface area contributed by atoms with Crippen LogP contribution in [-0.2, 0) is 0 Å². The Morgan fingerprint density at radius 2 is 1.80 bits per heavy atom. The van der Waals surface area contributed by atoms with Crippen LogP contribution in [0.2, 0.25) is 0 Å². The predicted molar refractivity (Wildman–Crippen MR) is 62.4 cm³/mol. The van der Waals surface area contributed by atoms with Crippen molar-refractivity contribution in [1.29, 1.82) is 0 Å². The fraction of sp³-hybridized carbons (Fsp3) is 0.385. The zero-order chi connectivity index (χ0) is 10.1. The van der Waals surface area contributed by atoms with Crippen molar-refractivity contribution in [3.8, 4) is 0 Å². The molecule has 1 aliphatic heterocycles. The van der Waals surface area contributed by atoms with Gasteiger partial charge in [-0.3, -0.25) is 0 Å². The lowest BCUT2D eigenvalue weighted by molar-refractivity contribution is 0.661. The smallest absolute Gasteiger partial charge is 0.0921 e. The number of rotatable bonds is 1. The Hall–Kier alpha value is -1.44. The van der Waals surface area contributed by atoms with E-state index in [4.69, 9.17) is 0 Å². The van der Waals surface area contributed by atoms with Gasteiger partial charge in [-0.15, -0.1) is 0 Å². The van der Waals surface area contributed by atoms with Gasteiger partial charge in [0.25, 0.3) is 0 Å². The highest BCUT2D eigenvalue weighted by molar-refractivity contribution is 5.54. The molecular weight excluding hydrogens is 184 g/mol. The molecule has 0 atom stereocenters. The van der Waals surface area contributed by atoms with Gasteiger partial charge in [-0.2, -0.15) is 0 Å². The molecule has 1 aliphatic carbocycles. The van der Waals surface area contributed by atoms with E-state index in [1.165, 1.54) is 42.8 Å². The van der Waals surface area contributed by atoms with Crippen LogP contribution in [0.4, 0.5) is 5.69 Å². The first-order valence-corrected chi connectivity index (χ1v) is 5.73. The normalized spacial score (nSPS) is 20.1. The van der Waals surface area contributed by atoms with Gasteiger partial charge >= 0.3 is 0 Å². The Kier molecular flexibility index (Phi) is 2.13. The molecule has 2 heteroatoms. The van der Waals surface area contributed by atoms with E-state index in [0.717, 1.165) is 6.67 Å². The molecule has 0 fully saturated rings. The van der Waals surface area contributed by atoms with E-state index in [9.17, 15) is 0 Å². The number of benzene rings is 1. The Labute approximate surface area is 90.6 Å². The largest absolute Gasteiger partial charge is 0.369 e. The number of hydrogen-bond donors (Lipinski definition) is 1. The quantitative estimate of drug-likeness (QED) is 0.750. The maximum Gasteiger partial charge on any atom is 0.0921 e. The molecule has 2 nitrogen and oxygen atoms in total. The second-order valence-electron chi connectivity index (χ2n) is 4.23. The molecule has 0 aromatic heterocycles. The Bertz CT molecular complexity index is 381. The summed E-state index contributed by atoms with van der Waals surface area (Å²) in [6.07, 6.45) is 5.15. The van der Waals surface area contributed by atoms with E-state index in [2.05, 4.69) is 40.5 Å². The molecule has 0 saturated carbocycles. The van der Waals surface area contributed by atoms with Crippen LogP contribution in [0.5, 0.6) is 0 Å². The van der Waals surface area contributed by atoms with Crippen LogP contribution < -0.4 is 10.2 Å². The van der Waals surface area contributed by atoms with Gasteiger partial charge in [-0.05, 0) is 37.8 Å². The van der Waals surface area contributed by atoms with Crippen LogP contribution in [0.3, 0.4) is 0 Å². The van der Waals surface area contributed by atoms with Crippen molar-refractivity contribution < 1.29 is 0 Å². The highest BCUT2D eigenvalue weighted by Crippen LogP contribution is 2.32. The van der Waals surface area contributed by atoms with Crippen molar-refractivity contribution in [2.45, 2.75) is 25.7 Å². The minimum Gasteiger partial charge on any atom is -0.369 e. The molecule has 0 spiro atoms. The van der Waals surface area contributed by atoms with Crippen molar-refractivity contribution in [3.05, 3.63) is 41.7 Å². The highest BCUT2D eigenvalue weighted by Gasteiger charge is 2.24. The second kappa shape index (κ2) is 3.61. The van der Waals surface area contributed by atoms with Crippen LogP contribution in [0.15, 0.2) is 41.7 Å². The average Bonchev–Trinajstić information content (AvgIpc) is 2.74. The third kappa shape index (κ3) is 1.50. The summed E-state index contributed by atoms with van der Waals surface area (Å²) in [5, 5.41) is 3.51. The minimum absolute atomic E-state index is 0.953. The second-order valence-corrected chi connectivity index (χ2v) is 4.23. The lowest BCUT2D eigenvalue weighted by Gasteiger charge is -2.23. The molecule has 0 radical (unpaired) electrons. The van der Waals surface area contributed by atoms with E-state index in [1.54, 1.807) is 0 Å². The first-order chi connectivity index (χ1) is 7.45. The zero-order valence-corrected chi connectivity index (χ0v) is 8.87. The predicted octanol–water partition coefficient (Wildman–Crippen LogP) is 2.84. The first kappa shape index (κ1) is 8.84. The van der Waals surface area contributed by atoms with Crippen LogP contribution in [0.25, 0.3) is 0 Å². The molecule has 78 valence electrons.